The molecule has 1 aromatic carbocycles. The first-order valence-electron chi connectivity index (χ1n) is 7.42. The first-order valence-corrected chi connectivity index (χ1v) is 8.30. The van der Waals surface area contributed by atoms with Gasteiger partial charge in [-0.1, -0.05) is 12.1 Å². The molecule has 2 aliphatic rings. The fourth-order valence-corrected chi connectivity index (χ4v) is 3.85. The molecular weight excluding hydrogens is 298 g/mol. The third kappa shape index (κ3) is 3.21. The highest BCUT2D eigenvalue weighted by Gasteiger charge is 2.46. The van der Waals surface area contributed by atoms with Gasteiger partial charge in [0.25, 0.3) is 0 Å². The molecule has 0 radical (unpaired) electrons. The highest BCUT2D eigenvalue weighted by atomic mass is 32.2. The van der Waals surface area contributed by atoms with Gasteiger partial charge < -0.3 is 15.4 Å². The van der Waals surface area contributed by atoms with Crippen LogP contribution in [-0.4, -0.2) is 36.4 Å². The first-order chi connectivity index (χ1) is 10.7. The average molecular weight is 317 g/mol. The number of ether oxygens (including phenoxy) is 1. The molecule has 1 aromatic rings. The van der Waals surface area contributed by atoms with Crippen LogP contribution in [0.25, 0.3) is 0 Å². The third-order valence-corrected chi connectivity index (χ3v) is 5.38. The maximum absolute atomic E-state index is 12.2. The number of rotatable bonds is 5. The molecule has 0 bridgehead atoms. The fraction of sp³-hybridized carbons (Fsp3) is 0.500. The number of carbonyl (C=O) groups is 1. The number of amides is 1. The van der Waals surface area contributed by atoms with Crippen molar-refractivity contribution in [2.45, 2.75) is 41.0 Å². The molecule has 1 aliphatic carbocycles. The van der Waals surface area contributed by atoms with Crippen molar-refractivity contribution < 1.29 is 9.53 Å². The Balaban J connectivity index is 1.56. The lowest BCUT2D eigenvalue weighted by Crippen LogP contribution is -2.45. The Hall–Kier alpha value is -1.71. The molecule has 1 aliphatic heterocycles. The van der Waals surface area contributed by atoms with Gasteiger partial charge in [0.2, 0.25) is 5.91 Å². The predicted octanol–water partition coefficient (Wildman–Crippen LogP) is 1.69. The molecule has 2 N–H and O–H groups in total. The Kier molecular flexibility index (Phi) is 4.27. The molecule has 2 fully saturated rings. The number of thioether (sulfide) groups is 1. The van der Waals surface area contributed by atoms with Crippen LogP contribution in [0.1, 0.15) is 19.3 Å². The van der Waals surface area contributed by atoms with Gasteiger partial charge in [0.15, 0.2) is 0 Å². The van der Waals surface area contributed by atoms with Crippen molar-refractivity contribution in [3.05, 3.63) is 24.3 Å². The third-order valence-electron chi connectivity index (χ3n) is 4.10. The number of benzene rings is 1. The molecule has 0 spiro atoms. The van der Waals surface area contributed by atoms with E-state index in [-0.39, 0.29) is 11.9 Å². The molecule has 1 saturated carbocycles. The van der Waals surface area contributed by atoms with Gasteiger partial charge in [-0.15, -0.1) is 11.8 Å². The lowest BCUT2D eigenvalue weighted by molar-refractivity contribution is -0.123. The minimum Gasteiger partial charge on any atom is -0.496 e. The minimum absolute atomic E-state index is 0.0535. The maximum atomic E-state index is 12.2. The van der Waals surface area contributed by atoms with Crippen LogP contribution in [0.4, 0.5) is 0 Å². The van der Waals surface area contributed by atoms with Gasteiger partial charge in [-0.05, 0) is 31.4 Å². The largest absolute Gasteiger partial charge is 0.496 e. The van der Waals surface area contributed by atoms with Gasteiger partial charge in [0.1, 0.15) is 11.3 Å². The molecular formula is C16H19N3O2S. The van der Waals surface area contributed by atoms with Gasteiger partial charge in [0, 0.05) is 16.7 Å². The van der Waals surface area contributed by atoms with Gasteiger partial charge in [-0.2, -0.15) is 5.26 Å². The molecule has 116 valence electrons. The topological polar surface area (TPSA) is 74.2 Å². The number of methoxy groups -OCH3 is 1. The van der Waals surface area contributed by atoms with Crippen LogP contribution < -0.4 is 15.4 Å². The summed E-state index contributed by atoms with van der Waals surface area (Å²) in [5.41, 5.74) is -0.591. The van der Waals surface area contributed by atoms with Crippen LogP contribution in [0.3, 0.4) is 0 Å². The molecule has 22 heavy (non-hydrogen) atoms. The summed E-state index contributed by atoms with van der Waals surface area (Å²) >= 11 is 1.73. The van der Waals surface area contributed by atoms with Gasteiger partial charge >= 0.3 is 0 Å². The molecule has 1 amide bonds. The van der Waals surface area contributed by atoms with E-state index in [2.05, 4.69) is 16.7 Å². The second-order valence-corrected chi connectivity index (χ2v) is 7.11. The summed E-state index contributed by atoms with van der Waals surface area (Å²) in [6.07, 6.45) is 2.29. The predicted molar refractivity (Wildman–Crippen MR) is 84.8 cm³/mol. The van der Waals surface area contributed by atoms with Crippen molar-refractivity contribution in [1.29, 1.82) is 5.26 Å². The quantitative estimate of drug-likeness (QED) is 0.864. The average Bonchev–Trinajstić information content (AvgIpc) is 3.15. The smallest absolute Gasteiger partial charge is 0.238 e. The summed E-state index contributed by atoms with van der Waals surface area (Å²) in [5, 5.41) is 15.5. The fourth-order valence-electron chi connectivity index (χ4n) is 2.60. The Labute approximate surface area is 134 Å². The standard InChI is InChI=1S/C16H19N3O2S/c1-21-13-4-2-3-5-14(13)22-11-8-12(18-9-11)15(20)19-16(10-17)6-7-16/h2-5,11-12,18H,6-9H2,1H3,(H,19,20). The Morgan fingerprint density at radius 1 is 1.50 bits per heavy atom. The molecule has 6 heteroatoms. The number of hydrogen-bond acceptors (Lipinski definition) is 5. The first kappa shape index (κ1) is 15.2. The van der Waals surface area contributed by atoms with Gasteiger partial charge in [0.05, 0.1) is 19.2 Å². The van der Waals surface area contributed by atoms with Crippen LogP contribution in [0.2, 0.25) is 0 Å². The van der Waals surface area contributed by atoms with Gasteiger partial charge in [-0.25, -0.2) is 0 Å². The summed E-state index contributed by atoms with van der Waals surface area (Å²) in [6.45, 7) is 0.778. The monoisotopic (exact) mass is 317 g/mol. The van der Waals surface area contributed by atoms with Crippen LogP contribution in [0, 0.1) is 11.3 Å². The zero-order valence-electron chi connectivity index (χ0n) is 12.5. The van der Waals surface area contributed by atoms with E-state index in [1.54, 1.807) is 18.9 Å². The number of nitriles is 1. The summed E-state index contributed by atoms with van der Waals surface area (Å²) in [5.74, 6) is 0.809. The normalized spacial score (nSPS) is 25.3. The number of para-hydroxylation sites is 1. The van der Waals surface area contributed by atoms with Crippen LogP contribution in [0.15, 0.2) is 29.2 Å². The SMILES string of the molecule is COc1ccccc1SC1CNC(C(=O)NC2(C#N)CC2)C1. The molecule has 2 unspecified atom stereocenters. The van der Waals surface area contributed by atoms with E-state index < -0.39 is 5.54 Å². The number of hydrogen-bond donors (Lipinski definition) is 2. The Bertz CT molecular complexity index is 610. The second kappa shape index (κ2) is 6.19. The van der Waals surface area contributed by atoms with E-state index in [1.807, 2.05) is 24.3 Å². The van der Waals surface area contributed by atoms with Crippen molar-refractivity contribution in [3.8, 4) is 11.8 Å². The van der Waals surface area contributed by atoms with E-state index in [4.69, 9.17) is 10.00 Å². The van der Waals surface area contributed by atoms with Crippen molar-refractivity contribution >= 4 is 17.7 Å². The summed E-state index contributed by atoms with van der Waals surface area (Å²) in [7, 11) is 1.67. The zero-order valence-corrected chi connectivity index (χ0v) is 13.3. The van der Waals surface area contributed by atoms with Crippen molar-refractivity contribution in [1.82, 2.24) is 10.6 Å². The number of nitrogens with one attached hydrogen (secondary N) is 2. The lowest BCUT2D eigenvalue weighted by Gasteiger charge is -2.14. The van der Waals surface area contributed by atoms with E-state index >= 15 is 0 Å². The van der Waals surface area contributed by atoms with Crippen molar-refractivity contribution in [3.63, 3.8) is 0 Å². The Morgan fingerprint density at radius 2 is 2.27 bits per heavy atom. The Morgan fingerprint density at radius 3 is 2.95 bits per heavy atom. The van der Waals surface area contributed by atoms with Crippen molar-refractivity contribution in [2.24, 2.45) is 0 Å². The molecule has 1 heterocycles. The lowest BCUT2D eigenvalue weighted by atomic mass is 10.2. The second-order valence-electron chi connectivity index (χ2n) is 5.77. The van der Waals surface area contributed by atoms with E-state index in [0.717, 1.165) is 36.5 Å². The van der Waals surface area contributed by atoms with Crippen LogP contribution >= 0.6 is 11.8 Å². The molecule has 2 atom stereocenters. The number of nitrogens with zero attached hydrogens (tertiary/aromatic N) is 1. The minimum atomic E-state index is -0.591. The van der Waals surface area contributed by atoms with Crippen LogP contribution in [-0.2, 0) is 4.79 Å². The maximum Gasteiger partial charge on any atom is 0.238 e. The molecule has 0 aromatic heterocycles. The highest BCUT2D eigenvalue weighted by molar-refractivity contribution is 8.00. The van der Waals surface area contributed by atoms with Gasteiger partial charge in [-0.3, -0.25) is 4.79 Å². The van der Waals surface area contributed by atoms with Crippen molar-refractivity contribution in [2.75, 3.05) is 13.7 Å². The van der Waals surface area contributed by atoms with Crippen LogP contribution in [0.5, 0.6) is 5.75 Å². The van der Waals surface area contributed by atoms with E-state index in [0.29, 0.717) is 5.25 Å². The summed E-state index contributed by atoms with van der Waals surface area (Å²) < 4.78 is 5.36. The molecule has 5 nitrogen and oxygen atoms in total. The number of carbonyl (C=O) groups excluding carboxylic acids is 1. The molecule has 1 saturated heterocycles. The summed E-state index contributed by atoms with van der Waals surface area (Å²) in [4.78, 5) is 13.3. The summed E-state index contributed by atoms with van der Waals surface area (Å²) in [6, 6.07) is 9.89. The molecule has 3 rings (SSSR count). The zero-order chi connectivity index (χ0) is 15.6. The van der Waals surface area contributed by atoms with E-state index in [1.165, 1.54) is 0 Å². The highest BCUT2D eigenvalue weighted by Crippen LogP contribution is 2.36. The van der Waals surface area contributed by atoms with E-state index in [9.17, 15) is 4.79 Å².